The lowest BCUT2D eigenvalue weighted by Crippen LogP contribution is -1.96. The first-order valence-corrected chi connectivity index (χ1v) is 5.91. The molecular formula is C14H12N4O4. The van der Waals surface area contributed by atoms with Gasteiger partial charge in [-0.2, -0.15) is 0 Å². The fourth-order valence-corrected chi connectivity index (χ4v) is 1.42. The molecule has 0 spiro atoms. The van der Waals surface area contributed by atoms with Gasteiger partial charge in [-0.15, -0.1) is 0 Å². The van der Waals surface area contributed by atoms with E-state index in [1.807, 2.05) is 0 Å². The zero-order chi connectivity index (χ0) is 16.5. The number of nitrogens with zero attached hydrogens (tertiary/aromatic N) is 3. The van der Waals surface area contributed by atoms with Crippen LogP contribution in [0.4, 0.5) is 11.4 Å². The molecule has 0 radical (unpaired) electrons. The molecule has 0 aliphatic heterocycles. The van der Waals surface area contributed by atoms with Crippen LogP contribution >= 0.6 is 0 Å². The van der Waals surface area contributed by atoms with Crippen LogP contribution in [0.2, 0.25) is 0 Å². The molecule has 0 saturated carbocycles. The first kappa shape index (κ1) is 16.5. The number of azide groups is 1. The van der Waals surface area contributed by atoms with Crippen LogP contribution in [0.1, 0.15) is 20.7 Å². The zero-order valence-electron chi connectivity index (χ0n) is 11.2. The molecule has 8 nitrogen and oxygen atoms in total. The van der Waals surface area contributed by atoms with Gasteiger partial charge in [-0.3, -0.25) is 0 Å². The van der Waals surface area contributed by atoms with Crippen LogP contribution < -0.4 is 5.73 Å². The van der Waals surface area contributed by atoms with Crippen molar-refractivity contribution >= 4 is 23.3 Å². The normalized spacial score (nSPS) is 8.91. The fraction of sp³-hybridized carbons (Fsp3) is 0. The third-order valence-electron chi connectivity index (χ3n) is 2.39. The standard InChI is InChI=1S/C7H5N3O2.C7H7NO2/c8-10-9-6-3-1-2-5(4-6)7(11)12;8-6-3-1-2-5(4-6)7(9)10/h1-4H,(H,11,12);1-4H,8H2,(H,9,10). The minimum atomic E-state index is -1.04. The molecule has 4 N–H and O–H groups in total. The number of rotatable bonds is 3. The Morgan fingerprint density at radius 2 is 1.55 bits per heavy atom. The summed E-state index contributed by atoms with van der Waals surface area (Å²) in [5, 5.41) is 20.3. The highest BCUT2D eigenvalue weighted by Gasteiger charge is 2.01. The Balaban J connectivity index is 0.000000224. The summed E-state index contributed by atoms with van der Waals surface area (Å²) < 4.78 is 0. The summed E-state index contributed by atoms with van der Waals surface area (Å²) in [5.41, 5.74) is 14.5. The molecule has 0 amide bonds. The molecule has 112 valence electrons. The molecule has 0 atom stereocenters. The van der Waals surface area contributed by atoms with Gasteiger partial charge >= 0.3 is 11.9 Å². The van der Waals surface area contributed by atoms with Gasteiger partial charge in [-0.25, -0.2) is 9.59 Å². The van der Waals surface area contributed by atoms with E-state index in [0.29, 0.717) is 11.4 Å². The molecule has 0 fully saturated rings. The van der Waals surface area contributed by atoms with Crippen LogP contribution in [0.25, 0.3) is 10.4 Å². The van der Waals surface area contributed by atoms with Gasteiger partial charge in [-0.1, -0.05) is 23.3 Å². The molecule has 0 unspecified atom stereocenters. The van der Waals surface area contributed by atoms with E-state index in [4.69, 9.17) is 21.5 Å². The summed E-state index contributed by atoms with van der Waals surface area (Å²) in [5.74, 6) is -1.99. The molecule has 2 aromatic rings. The number of nitrogens with two attached hydrogens (primary N) is 1. The van der Waals surface area contributed by atoms with Crippen molar-refractivity contribution in [3.05, 3.63) is 70.1 Å². The molecule has 2 aromatic carbocycles. The van der Waals surface area contributed by atoms with Crippen molar-refractivity contribution in [2.75, 3.05) is 5.73 Å². The quantitative estimate of drug-likeness (QED) is 0.344. The molecule has 0 bridgehead atoms. The van der Waals surface area contributed by atoms with Crippen LogP contribution in [-0.4, -0.2) is 22.2 Å². The average molecular weight is 300 g/mol. The Morgan fingerprint density at radius 3 is 2.00 bits per heavy atom. The average Bonchev–Trinajstić information content (AvgIpc) is 2.48. The lowest BCUT2D eigenvalue weighted by Gasteiger charge is -1.93. The molecular weight excluding hydrogens is 288 g/mol. The summed E-state index contributed by atoms with van der Waals surface area (Å²) >= 11 is 0. The van der Waals surface area contributed by atoms with Crippen LogP contribution in [0, 0.1) is 0 Å². The van der Waals surface area contributed by atoms with Crippen molar-refractivity contribution in [2.45, 2.75) is 0 Å². The number of carbonyl (C=O) groups is 2. The third-order valence-corrected chi connectivity index (χ3v) is 2.39. The maximum absolute atomic E-state index is 10.4. The van der Waals surface area contributed by atoms with Gasteiger partial charge in [0.05, 0.1) is 11.1 Å². The van der Waals surface area contributed by atoms with E-state index in [9.17, 15) is 9.59 Å². The summed E-state index contributed by atoms with van der Waals surface area (Å²) in [6, 6.07) is 12.0. The Labute approximate surface area is 125 Å². The van der Waals surface area contributed by atoms with Crippen molar-refractivity contribution in [1.82, 2.24) is 0 Å². The highest BCUT2D eigenvalue weighted by molar-refractivity contribution is 5.89. The Morgan fingerprint density at radius 1 is 1.00 bits per heavy atom. The first-order chi connectivity index (χ1) is 10.4. The number of hydrogen-bond acceptors (Lipinski definition) is 4. The van der Waals surface area contributed by atoms with E-state index in [1.165, 1.54) is 36.4 Å². The van der Waals surface area contributed by atoms with E-state index in [2.05, 4.69) is 10.0 Å². The highest BCUT2D eigenvalue weighted by atomic mass is 16.4. The molecule has 0 aromatic heterocycles. The van der Waals surface area contributed by atoms with Gasteiger partial charge in [0.2, 0.25) is 0 Å². The van der Waals surface area contributed by atoms with Crippen LogP contribution in [-0.2, 0) is 0 Å². The maximum Gasteiger partial charge on any atom is 0.335 e. The highest BCUT2D eigenvalue weighted by Crippen LogP contribution is 2.13. The van der Waals surface area contributed by atoms with E-state index in [0.717, 1.165) is 0 Å². The second kappa shape index (κ2) is 7.93. The number of carboxylic acid groups (broad SMARTS) is 2. The SMILES string of the molecule is Nc1cccc(C(=O)O)c1.[N-]=[N+]=Nc1cccc(C(=O)O)c1. The number of carboxylic acids is 2. The van der Waals surface area contributed by atoms with Gasteiger partial charge in [0.1, 0.15) is 0 Å². The fourth-order valence-electron chi connectivity index (χ4n) is 1.42. The number of benzene rings is 2. The molecule has 22 heavy (non-hydrogen) atoms. The second-order valence-electron chi connectivity index (χ2n) is 3.98. The maximum atomic E-state index is 10.4. The van der Waals surface area contributed by atoms with Crippen molar-refractivity contribution in [1.29, 1.82) is 0 Å². The molecule has 0 saturated heterocycles. The van der Waals surface area contributed by atoms with Crippen molar-refractivity contribution < 1.29 is 19.8 Å². The Hall–Kier alpha value is -3.51. The molecule has 8 heteroatoms. The Bertz CT molecular complexity index is 722. The van der Waals surface area contributed by atoms with Crippen LogP contribution in [0.3, 0.4) is 0 Å². The van der Waals surface area contributed by atoms with Gasteiger partial charge in [0, 0.05) is 16.3 Å². The lowest BCUT2D eigenvalue weighted by molar-refractivity contribution is 0.0686. The molecule has 0 aliphatic carbocycles. The summed E-state index contributed by atoms with van der Waals surface area (Å²) in [6.07, 6.45) is 0. The topological polar surface area (TPSA) is 149 Å². The summed E-state index contributed by atoms with van der Waals surface area (Å²) in [6.45, 7) is 0. The first-order valence-electron chi connectivity index (χ1n) is 5.91. The van der Waals surface area contributed by atoms with Gasteiger partial charge in [-0.05, 0) is 35.9 Å². The molecule has 0 heterocycles. The monoisotopic (exact) mass is 300 g/mol. The van der Waals surface area contributed by atoms with Crippen molar-refractivity contribution in [3.8, 4) is 0 Å². The smallest absolute Gasteiger partial charge is 0.335 e. The van der Waals surface area contributed by atoms with E-state index in [-0.39, 0.29) is 11.1 Å². The van der Waals surface area contributed by atoms with Crippen LogP contribution in [0.5, 0.6) is 0 Å². The third kappa shape index (κ3) is 5.24. The lowest BCUT2D eigenvalue weighted by atomic mass is 10.2. The number of aromatic carboxylic acids is 2. The molecule has 0 aliphatic rings. The van der Waals surface area contributed by atoms with Gasteiger partial charge in [0.15, 0.2) is 0 Å². The summed E-state index contributed by atoms with van der Waals surface area (Å²) in [7, 11) is 0. The predicted molar refractivity (Wildman–Crippen MR) is 80.0 cm³/mol. The van der Waals surface area contributed by atoms with Gasteiger partial charge in [0.25, 0.3) is 0 Å². The largest absolute Gasteiger partial charge is 0.478 e. The van der Waals surface area contributed by atoms with Crippen molar-refractivity contribution in [2.24, 2.45) is 5.11 Å². The van der Waals surface area contributed by atoms with E-state index in [1.54, 1.807) is 12.1 Å². The van der Waals surface area contributed by atoms with Crippen LogP contribution in [0.15, 0.2) is 53.6 Å². The Kier molecular flexibility index (Phi) is 5.96. The second-order valence-corrected chi connectivity index (χ2v) is 3.98. The van der Waals surface area contributed by atoms with E-state index < -0.39 is 11.9 Å². The number of anilines is 1. The minimum absolute atomic E-state index is 0.111. The zero-order valence-corrected chi connectivity index (χ0v) is 11.2. The summed E-state index contributed by atoms with van der Waals surface area (Å²) in [4.78, 5) is 23.3. The van der Waals surface area contributed by atoms with Gasteiger partial charge < -0.3 is 15.9 Å². The van der Waals surface area contributed by atoms with Crippen molar-refractivity contribution in [3.63, 3.8) is 0 Å². The van der Waals surface area contributed by atoms with E-state index >= 15 is 0 Å². The number of hydrogen-bond donors (Lipinski definition) is 3. The molecule has 2 rings (SSSR count). The predicted octanol–water partition coefficient (Wildman–Crippen LogP) is 3.29. The number of nitrogen functional groups attached to an aromatic ring is 1. The minimum Gasteiger partial charge on any atom is -0.478 e.